The fraction of sp³-hybridized carbons (Fsp3) is 1.00. The van der Waals surface area contributed by atoms with Crippen molar-refractivity contribution in [3.63, 3.8) is 0 Å². The van der Waals surface area contributed by atoms with Crippen LogP contribution < -0.4 is 0 Å². The van der Waals surface area contributed by atoms with Gasteiger partial charge in [0.05, 0.1) is 12.2 Å². The SMILES string of the molecule is OC1CCN([C@@H]2CCN(C3CCCCC3)C[C@H]2O)CC1. The van der Waals surface area contributed by atoms with Crippen LogP contribution in [0.3, 0.4) is 0 Å². The number of nitrogens with zero attached hydrogens (tertiary/aromatic N) is 2. The van der Waals surface area contributed by atoms with Crippen LogP contribution in [0, 0.1) is 0 Å². The number of aliphatic hydroxyl groups is 2. The van der Waals surface area contributed by atoms with Crippen molar-refractivity contribution in [2.24, 2.45) is 0 Å². The summed E-state index contributed by atoms with van der Waals surface area (Å²) in [7, 11) is 0. The van der Waals surface area contributed by atoms with Gasteiger partial charge in [-0.05, 0) is 32.1 Å². The quantitative estimate of drug-likeness (QED) is 0.799. The van der Waals surface area contributed by atoms with E-state index in [0.29, 0.717) is 6.04 Å². The number of hydrogen-bond donors (Lipinski definition) is 2. The van der Waals surface area contributed by atoms with E-state index in [9.17, 15) is 10.2 Å². The molecule has 3 aliphatic rings. The predicted molar refractivity (Wildman–Crippen MR) is 79.7 cm³/mol. The monoisotopic (exact) mass is 282 g/mol. The minimum atomic E-state index is -0.207. The highest BCUT2D eigenvalue weighted by Gasteiger charge is 2.35. The normalized spacial score (nSPS) is 36.3. The zero-order valence-electron chi connectivity index (χ0n) is 12.6. The summed E-state index contributed by atoms with van der Waals surface area (Å²) in [6.45, 7) is 3.90. The lowest BCUT2D eigenvalue weighted by atomic mass is 9.90. The van der Waals surface area contributed by atoms with E-state index in [2.05, 4.69) is 9.80 Å². The van der Waals surface area contributed by atoms with Gasteiger partial charge >= 0.3 is 0 Å². The Labute approximate surface area is 122 Å². The van der Waals surface area contributed by atoms with Gasteiger partial charge in [-0.1, -0.05) is 19.3 Å². The van der Waals surface area contributed by atoms with E-state index in [1.165, 1.54) is 32.1 Å². The molecule has 1 saturated carbocycles. The zero-order chi connectivity index (χ0) is 13.9. The van der Waals surface area contributed by atoms with Crippen molar-refractivity contribution in [1.29, 1.82) is 0 Å². The number of aliphatic hydroxyl groups excluding tert-OH is 2. The fourth-order valence-corrected chi connectivity index (χ4v) is 4.36. The highest BCUT2D eigenvalue weighted by atomic mass is 16.3. The summed E-state index contributed by atoms with van der Waals surface area (Å²) in [5.41, 5.74) is 0. The van der Waals surface area contributed by atoms with E-state index in [0.717, 1.165) is 51.5 Å². The summed E-state index contributed by atoms with van der Waals surface area (Å²) in [4.78, 5) is 4.95. The van der Waals surface area contributed by atoms with Crippen LogP contribution in [-0.4, -0.2) is 70.5 Å². The van der Waals surface area contributed by atoms with Crippen molar-refractivity contribution in [2.75, 3.05) is 26.2 Å². The second kappa shape index (κ2) is 6.73. The van der Waals surface area contributed by atoms with Crippen molar-refractivity contribution in [3.05, 3.63) is 0 Å². The van der Waals surface area contributed by atoms with Crippen LogP contribution in [0.2, 0.25) is 0 Å². The summed E-state index contributed by atoms with van der Waals surface area (Å²) in [5.74, 6) is 0. The van der Waals surface area contributed by atoms with Gasteiger partial charge in [-0.25, -0.2) is 0 Å². The van der Waals surface area contributed by atoms with Crippen molar-refractivity contribution in [3.8, 4) is 0 Å². The van der Waals surface area contributed by atoms with Gasteiger partial charge in [-0.15, -0.1) is 0 Å². The zero-order valence-corrected chi connectivity index (χ0v) is 12.6. The molecule has 0 aromatic rings. The molecule has 0 aromatic heterocycles. The molecular weight excluding hydrogens is 252 g/mol. The number of piperidine rings is 2. The smallest absolute Gasteiger partial charge is 0.0822 e. The third-order valence-corrected chi connectivity index (χ3v) is 5.64. The molecule has 2 aliphatic heterocycles. The Morgan fingerprint density at radius 3 is 2.00 bits per heavy atom. The second-order valence-electron chi connectivity index (χ2n) is 6.98. The molecule has 0 radical (unpaired) electrons. The molecule has 2 N–H and O–H groups in total. The first-order valence-corrected chi connectivity index (χ1v) is 8.58. The maximum Gasteiger partial charge on any atom is 0.0822 e. The lowest BCUT2D eigenvalue weighted by Crippen LogP contribution is -2.58. The van der Waals surface area contributed by atoms with Crippen molar-refractivity contribution >= 4 is 0 Å². The number of β-amino-alcohol motifs (C(OH)–C–C–N with tert-alkyl or cyclic N) is 1. The Bertz CT molecular complexity index is 299. The number of rotatable bonds is 2. The molecule has 20 heavy (non-hydrogen) atoms. The first-order valence-electron chi connectivity index (χ1n) is 8.58. The largest absolute Gasteiger partial charge is 0.393 e. The molecule has 0 bridgehead atoms. The fourth-order valence-electron chi connectivity index (χ4n) is 4.36. The molecule has 3 fully saturated rings. The Morgan fingerprint density at radius 2 is 1.35 bits per heavy atom. The van der Waals surface area contributed by atoms with Gasteiger partial charge in [0.15, 0.2) is 0 Å². The molecule has 4 heteroatoms. The van der Waals surface area contributed by atoms with Gasteiger partial charge in [0.1, 0.15) is 0 Å². The summed E-state index contributed by atoms with van der Waals surface area (Å²) < 4.78 is 0. The molecule has 4 nitrogen and oxygen atoms in total. The topological polar surface area (TPSA) is 46.9 Å². The maximum atomic E-state index is 10.5. The molecule has 2 atom stereocenters. The van der Waals surface area contributed by atoms with Gasteiger partial charge < -0.3 is 10.2 Å². The van der Waals surface area contributed by atoms with Gasteiger partial charge in [0.25, 0.3) is 0 Å². The number of hydrogen-bond acceptors (Lipinski definition) is 4. The van der Waals surface area contributed by atoms with Crippen LogP contribution in [0.4, 0.5) is 0 Å². The van der Waals surface area contributed by atoms with Crippen LogP contribution in [0.25, 0.3) is 0 Å². The highest BCUT2D eigenvalue weighted by molar-refractivity contribution is 4.91. The molecule has 0 unspecified atom stereocenters. The Kier molecular flexibility index (Phi) is 4.97. The third kappa shape index (κ3) is 3.35. The molecule has 1 aliphatic carbocycles. The Morgan fingerprint density at radius 1 is 0.700 bits per heavy atom. The summed E-state index contributed by atoms with van der Waals surface area (Å²) in [6, 6.07) is 1.05. The van der Waals surface area contributed by atoms with Crippen LogP contribution in [0.15, 0.2) is 0 Å². The van der Waals surface area contributed by atoms with Gasteiger partial charge in [0, 0.05) is 38.3 Å². The third-order valence-electron chi connectivity index (χ3n) is 5.64. The standard InChI is InChI=1S/C16H30N2O2/c19-14-6-9-17(10-7-14)15-8-11-18(12-16(15)20)13-4-2-1-3-5-13/h13-16,19-20H,1-12H2/t15-,16-/m1/s1. The number of likely N-dealkylation sites (tertiary alicyclic amines) is 2. The lowest BCUT2D eigenvalue weighted by Gasteiger charge is -2.46. The van der Waals surface area contributed by atoms with E-state index in [1.807, 2.05) is 0 Å². The second-order valence-corrected chi connectivity index (χ2v) is 6.98. The van der Waals surface area contributed by atoms with E-state index >= 15 is 0 Å². The summed E-state index contributed by atoms with van der Waals surface area (Å²) in [6.07, 6.45) is 9.28. The van der Waals surface area contributed by atoms with Gasteiger partial charge in [0.2, 0.25) is 0 Å². The molecule has 2 saturated heterocycles. The minimum Gasteiger partial charge on any atom is -0.393 e. The van der Waals surface area contributed by atoms with Crippen LogP contribution in [0.1, 0.15) is 51.4 Å². The lowest BCUT2D eigenvalue weighted by molar-refractivity contribution is -0.0463. The van der Waals surface area contributed by atoms with Crippen LogP contribution in [0.5, 0.6) is 0 Å². The van der Waals surface area contributed by atoms with E-state index in [1.54, 1.807) is 0 Å². The molecule has 0 aromatic carbocycles. The molecule has 0 amide bonds. The highest BCUT2D eigenvalue weighted by Crippen LogP contribution is 2.27. The molecule has 3 rings (SSSR count). The maximum absolute atomic E-state index is 10.5. The molecule has 0 spiro atoms. The van der Waals surface area contributed by atoms with Gasteiger partial charge in [-0.3, -0.25) is 9.80 Å². The first kappa shape index (κ1) is 14.8. The minimum absolute atomic E-state index is 0.120. The van der Waals surface area contributed by atoms with E-state index in [-0.39, 0.29) is 12.2 Å². The van der Waals surface area contributed by atoms with E-state index in [4.69, 9.17) is 0 Å². The predicted octanol–water partition coefficient (Wildman–Crippen LogP) is 1.21. The van der Waals surface area contributed by atoms with Crippen LogP contribution in [-0.2, 0) is 0 Å². The summed E-state index contributed by atoms with van der Waals surface area (Å²) >= 11 is 0. The van der Waals surface area contributed by atoms with E-state index < -0.39 is 0 Å². The van der Waals surface area contributed by atoms with Crippen molar-refractivity contribution in [2.45, 2.75) is 75.7 Å². The van der Waals surface area contributed by atoms with Crippen LogP contribution >= 0.6 is 0 Å². The average molecular weight is 282 g/mol. The molecule has 116 valence electrons. The van der Waals surface area contributed by atoms with Crippen molar-refractivity contribution < 1.29 is 10.2 Å². The Balaban J connectivity index is 1.51. The average Bonchev–Trinajstić information content (AvgIpc) is 2.49. The summed E-state index contributed by atoms with van der Waals surface area (Å²) in [5, 5.41) is 20.1. The molecule has 2 heterocycles. The Hall–Kier alpha value is -0.160. The van der Waals surface area contributed by atoms with Crippen molar-refractivity contribution in [1.82, 2.24) is 9.80 Å². The van der Waals surface area contributed by atoms with Gasteiger partial charge in [-0.2, -0.15) is 0 Å². The first-order chi connectivity index (χ1) is 9.74. The molecular formula is C16H30N2O2.